The Balaban J connectivity index is 1.49. The van der Waals surface area contributed by atoms with E-state index in [9.17, 15) is 18.3 Å². The molecule has 0 aliphatic carbocycles. The summed E-state index contributed by atoms with van der Waals surface area (Å²) in [5.41, 5.74) is 0.566. The van der Waals surface area contributed by atoms with Crippen LogP contribution in [0.15, 0.2) is 65.7 Å². The Kier molecular flexibility index (Phi) is 5.68. The van der Waals surface area contributed by atoms with Gasteiger partial charge in [0.05, 0.1) is 11.1 Å². The second kappa shape index (κ2) is 8.28. The number of nitrogens with one attached hydrogen (secondary N) is 1. The van der Waals surface area contributed by atoms with E-state index in [0.29, 0.717) is 49.1 Å². The Morgan fingerprint density at radius 3 is 2.45 bits per heavy atom. The first-order chi connectivity index (χ1) is 14.8. The number of hydrogen-bond donors (Lipinski definition) is 2. The van der Waals surface area contributed by atoms with Crippen LogP contribution in [0.2, 0.25) is 0 Å². The maximum absolute atomic E-state index is 12.9. The lowest BCUT2D eigenvalue weighted by molar-refractivity contribution is -0.0193. The number of rotatable bonds is 5. The van der Waals surface area contributed by atoms with Gasteiger partial charge in [-0.1, -0.05) is 25.1 Å². The minimum atomic E-state index is -3.85. The zero-order valence-electron chi connectivity index (χ0n) is 17.3. The van der Waals surface area contributed by atoms with E-state index in [-0.39, 0.29) is 10.8 Å². The number of hydrogen-bond acceptors (Lipinski definition) is 5. The highest BCUT2D eigenvalue weighted by atomic mass is 32.2. The summed E-state index contributed by atoms with van der Waals surface area (Å²) in [5, 5.41) is 11.1. The normalized spacial score (nSPS) is 16.3. The van der Waals surface area contributed by atoms with E-state index in [4.69, 9.17) is 0 Å². The Morgan fingerprint density at radius 2 is 1.77 bits per heavy atom. The summed E-state index contributed by atoms with van der Waals surface area (Å²) < 4.78 is 28.4. The number of nitrogens with zero attached hydrogens (tertiary/aromatic N) is 2. The van der Waals surface area contributed by atoms with E-state index in [1.54, 1.807) is 47.5 Å². The molecule has 0 bridgehead atoms. The third-order valence-electron chi connectivity index (χ3n) is 5.91. The van der Waals surface area contributed by atoms with E-state index < -0.39 is 15.6 Å². The average Bonchev–Trinajstić information content (AvgIpc) is 2.79. The second-order valence-electron chi connectivity index (χ2n) is 7.88. The van der Waals surface area contributed by atoms with Gasteiger partial charge in [0.2, 0.25) is 0 Å². The third kappa shape index (κ3) is 4.40. The first-order valence-corrected chi connectivity index (χ1v) is 11.8. The van der Waals surface area contributed by atoms with Gasteiger partial charge in [-0.3, -0.25) is 14.5 Å². The summed E-state index contributed by atoms with van der Waals surface area (Å²) >= 11 is 0. The van der Waals surface area contributed by atoms with Crippen molar-refractivity contribution < 1.29 is 18.3 Å². The van der Waals surface area contributed by atoms with E-state index >= 15 is 0 Å². The maximum atomic E-state index is 12.9. The van der Waals surface area contributed by atoms with Crippen LogP contribution < -0.4 is 4.72 Å². The van der Waals surface area contributed by atoms with Crippen molar-refractivity contribution in [2.75, 3.05) is 17.8 Å². The number of pyridine rings is 1. The molecule has 1 saturated heterocycles. The van der Waals surface area contributed by atoms with E-state index in [1.807, 2.05) is 19.1 Å². The Hall–Kier alpha value is -2.97. The van der Waals surface area contributed by atoms with Crippen molar-refractivity contribution in [3.8, 4) is 0 Å². The van der Waals surface area contributed by atoms with Crippen molar-refractivity contribution in [3.05, 3.63) is 66.4 Å². The molecule has 0 unspecified atom stereocenters. The molecule has 0 radical (unpaired) electrons. The molecule has 1 amide bonds. The van der Waals surface area contributed by atoms with Crippen molar-refractivity contribution in [1.82, 2.24) is 9.88 Å². The number of sulfonamides is 1. The number of anilines is 1. The molecule has 2 heterocycles. The highest BCUT2D eigenvalue weighted by molar-refractivity contribution is 7.93. The van der Waals surface area contributed by atoms with Crippen LogP contribution in [0.1, 0.15) is 36.5 Å². The molecule has 1 aliphatic heterocycles. The average molecular weight is 440 g/mol. The van der Waals surface area contributed by atoms with Gasteiger partial charge in [-0.2, -0.15) is 0 Å². The topological polar surface area (TPSA) is 99.6 Å². The van der Waals surface area contributed by atoms with Crippen molar-refractivity contribution in [2.24, 2.45) is 0 Å². The first-order valence-electron chi connectivity index (χ1n) is 10.3. The van der Waals surface area contributed by atoms with Gasteiger partial charge in [0.1, 0.15) is 4.90 Å². The summed E-state index contributed by atoms with van der Waals surface area (Å²) in [4.78, 5) is 18.8. The Bertz CT molecular complexity index is 1200. The molecule has 2 N–H and O–H groups in total. The largest absolute Gasteiger partial charge is 0.390 e. The smallest absolute Gasteiger partial charge is 0.264 e. The summed E-state index contributed by atoms with van der Waals surface area (Å²) in [7, 11) is -3.85. The van der Waals surface area contributed by atoms with Crippen molar-refractivity contribution >= 4 is 32.5 Å². The highest BCUT2D eigenvalue weighted by Gasteiger charge is 2.32. The number of aliphatic hydroxyl groups is 1. The lowest BCUT2D eigenvalue weighted by Crippen LogP contribution is -2.46. The number of amides is 1. The SMILES string of the molecule is CCC1(O)CCN(C(=O)c2ccc(NS(=O)(=O)c3cccc4cccnc34)cc2)CC1. The van der Waals surface area contributed by atoms with Crippen LogP contribution in [0.3, 0.4) is 0 Å². The second-order valence-corrected chi connectivity index (χ2v) is 9.54. The van der Waals surface area contributed by atoms with Crippen LogP contribution in [0, 0.1) is 0 Å². The minimum Gasteiger partial charge on any atom is -0.390 e. The molecule has 0 spiro atoms. The van der Waals surface area contributed by atoms with E-state index in [2.05, 4.69) is 9.71 Å². The molecule has 8 heteroatoms. The summed E-state index contributed by atoms with van der Waals surface area (Å²) in [5.74, 6) is -0.120. The van der Waals surface area contributed by atoms with Crippen LogP contribution in [-0.4, -0.2) is 48.0 Å². The fraction of sp³-hybridized carbons (Fsp3) is 0.304. The zero-order chi connectivity index (χ0) is 22.1. The van der Waals surface area contributed by atoms with Gasteiger partial charge in [0.15, 0.2) is 0 Å². The molecular weight excluding hydrogens is 414 g/mol. The van der Waals surface area contributed by atoms with Crippen molar-refractivity contribution in [1.29, 1.82) is 0 Å². The Morgan fingerprint density at radius 1 is 1.10 bits per heavy atom. The standard InChI is InChI=1S/C23H25N3O4S/c1-2-23(28)12-15-26(16-13-23)22(27)18-8-10-19(11-9-18)25-31(29,30)20-7-3-5-17-6-4-14-24-21(17)20/h3-11,14,25,28H,2,12-13,15-16H2,1H3. The lowest BCUT2D eigenvalue weighted by Gasteiger charge is -2.37. The predicted molar refractivity (Wildman–Crippen MR) is 119 cm³/mol. The lowest BCUT2D eigenvalue weighted by atomic mass is 9.89. The fourth-order valence-corrected chi connectivity index (χ4v) is 5.09. The molecule has 0 atom stereocenters. The quantitative estimate of drug-likeness (QED) is 0.635. The van der Waals surface area contributed by atoms with Gasteiger partial charge >= 0.3 is 0 Å². The van der Waals surface area contributed by atoms with Gasteiger partial charge in [0.25, 0.3) is 15.9 Å². The number of para-hydroxylation sites is 1. The molecule has 1 fully saturated rings. The number of carbonyl (C=O) groups excluding carboxylic acids is 1. The predicted octanol–water partition coefficient (Wildman–Crippen LogP) is 3.41. The molecule has 3 aromatic rings. The fourth-order valence-electron chi connectivity index (χ4n) is 3.85. The molecule has 1 aliphatic rings. The minimum absolute atomic E-state index is 0.0995. The van der Waals surface area contributed by atoms with Crippen molar-refractivity contribution in [3.63, 3.8) is 0 Å². The maximum Gasteiger partial charge on any atom is 0.264 e. The highest BCUT2D eigenvalue weighted by Crippen LogP contribution is 2.27. The molecule has 4 rings (SSSR count). The molecule has 2 aromatic carbocycles. The number of aromatic nitrogens is 1. The summed E-state index contributed by atoms with van der Waals surface area (Å²) in [6.45, 7) is 2.96. The first kappa shape index (κ1) is 21.3. The van der Waals surface area contributed by atoms with Crippen LogP contribution in [0.5, 0.6) is 0 Å². The Labute approximate surface area is 181 Å². The molecule has 0 saturated carbocycles. The van der Waals surface area contributed by atoms with Gasteiger partial charge in [-0.25, -0.2) is 8.42 Å². The van der Waals surface area contributed by atoms with E-state index in [0.717, 1.165) is 5.39 Å². The van der Waals surface area contributed by atoms with Crippen LogP contribution >= 0.6 is 0 Å². The molecule has 31 heavy (non-hydrogen) atoms. The number of benzene rings is 2. The van der Waals surface area contributed by atoms with Gasteiger partial charge in [-0.15, -0.1) is 0 Å². The summed E-state index contributed by atoms with van der Waals surface area (Å²) in [6.07, 6.45) is 3.36. The molecule has 7 nitrogen and oxygen atoms in total. The van der Waals surface area contributed by atoms with Crippen LogP contribution in [0.25, 0.3) is 10.9 Å². The molecular formula is C23H25N3O4S. The van der Waals surface area contributed by atoms with Gasteiger partial charge in [-0.05, 0) is 55.7 Å². The van der Waals surface area contributed by atoms with Crippen LogP contribution in [0.4, 0.5) is 5.69 Å². The van der Waals surface area contributed by atoms with Crippen molar-refractivity contribution in [2.45, 2.75) is 36.7 Å². The zero-order valence-corrected chi connectivity index (χ0v) is 18.1. The number of likely N-dealkylation sites (tertiary alicyclic amines) is 1. The monoisotopic (exact) mass is 439 g/mol. The number of fused-ring (bicyclic) bond motifs is 1. The van der Waals surface area contributed by atoms with Gasteiger partial charge in [0, 0.05) is 35.9 Å². The summed E-state index contributed by atoms with van der Waals surface area (Å²) in [6, 6.07) is 15.0. The molecule has 1 aromatic heterocycles. The third-order valence-corrected chi connectivity index (χ3v) is 7.32. The van der Waals surface area contributed by atoms with E-state index in [1.165, 1.54) is 6.07 Å². The number of piperidine rings is 1. The van der Waals surface area contributed by atoms with Gasteiger partial charge < -0.3 is 10.0 Å². The molecule has 162 valence electrons. The number of carbonyl (C=O) groups is 1. The van der Waals surface area contributed by atoms with Crippen LogP contribution in [-0.2, 0) is 10.0 Å².